The summed E-state index contributed by atoms with van der Waals surface area (Å²) < 4.78 is 11.2. The lowest BCUT2D eigenvalue weighted by molar-refractivity contribution is -0.116. The Morgan fingerprint density at radius 3 is 2.95 bits per heavy atom. The molecule has 1 saturated heterocycles. The molecule has 5 nitrogen and oxygen atoms in total. The average molecular weight is 276 g/mol. The van der Waals surface area contributed by atoms with Crippen LogP contribution in [0.1, 0.15) is 19.3 Å². The minimum Gasteiger partial charge on any atom is -0.490 e. The maximum absolute atomic E-state index is 12.0. The highest BCUT2D eigenvalue weighted by molar-refractivity contribution is 5.91. The number of anilines is 1. The van der Waals surface area contributed by atoms with Crippen molar-refractivity contribution in [1.29, 1.82) is 0 Å². The SMILES string of the molecule is O=C(CC1CCNC1)Nc1ccc2c(c1)OCCCO2. The largest absolute Gasteiger partial charge is 0.490 e. The molecular formula is C15H20N2O3. The summed E-state index contributed by atoms with van der Waals surface area (Å²) in [5.41, 5.74) is 0.769. The van der Waals surface area contributed by atoms with Gasteiger partial charge >= 0.3 is 0 Å². The van der Waals surface area contributed by atoms with E-state index in [0.717, 1.165) is 37.4 Å². The van der Waals surface area contributed by atoms with Gasteiger partial charge in [-0.1, -0.05) is 0 Å². The Kier molecular flexibility index (Phi) is 4.06. The zero-order valence-corrected chi connectivity index (χ0v) is 11.5. The second-order valence-corrected chi connectivity index (χ2v) is 5.32. The summed E-state index contributed by atoms with van der Waals surface area (Å²) in [4.78, 5) is 12.0. The number of carbonyl (C=O) groups excluding carboxylic acids is 1. The van der Waals surface area contributed by atoms with Crippen LogP contribution in [0.3, 0.4) is 0 Å². The summed E-state index contributed by atoms with van der Waals surface area (Å²) in [7, 11) is 0. The molecule has 2 heterocycles. The van der Waals surface area contributed by atoms with Crippen molar-refractivity contribution in [2.24, 2.45) is 5.92 Å². The van der Waals surface area contributed by atoms with Crippen LogP contribution in [0.25, 0.3) is 0 Å². The highest BCUT2D eigenvalue weighted by atomic mass is 16.5. The van der Waals surface area contributed by atoms with Crippen molar-refractivity contribution in [3.63, 3.8) is 0 Å². The molecule has 1 fully saturated rings. The molecule has 3 rings (SSSR count). The van der Waals surface area contributed by atoms with E-state index < -0.39 is 0 Å². The van der Waals surface area contributed by atoms with Crippen molar-refractivity contribution < 1.29 is 14.3 Å². The maximum atomic E-state index is 12.0. The van der Waals surface area contributed by atoms with E-state index in [1.165, 1.54) is 0 Å². The third-order valence-electron chi connectivity index (χ3n) is 3.67. The fourth-order valence-electron chi connectivity index (χ4n) is 2.60. The van der Waals surface area contributed by atoms with E-state index in [0.29, 0.717) is 31.3 Å². The maximum Gasteiger partial charge on any atom is 0.224 e. The van der Waals surface area contributed by atoms with Gasteiger partial charge in [-0.05, 0) is 37.6 Å². The Morgan fingerprint density at radius 1 is 1.30 bits per heavy atom. The first-order valence-electron chi connectivity index (χ1n) is 7.21. The Hall–Kier alpha value is -1.75. The molecule has 0 aliphatic carbocycles. The van der Waals surface area contributed by atoms with Crippen LogP contribution in [0.2, 0.25) is 0 Å². The molecule has 20 heavy (non-hydrogen) atoms. The van der Waals surface area contributed by atoms with Gasteiger partial charge in [0.25, 0.3) is 0 Å². The van der Waals surface area contributed by atoms with Crippen LogP contribution in [0.5, 0.6) is 11.5 Å². The Bertz CT molecular complexity index is 484. The Balaban J connectivity index is 1.62. The van der Waals surface area contributed by atoms with Crippen molar-refractivity contribution in [2.75, 3.05) is 31.6 Å². The summed E-state index contributed by atoms with van der Waals surface area (Å²) in [5, 5.41) is 6.21. The highest BCUT2D eigenvalue weighted by Gasteiger charge is 2.18. The first-order valence-corrected chi connectivity index (χ1v) is 7.21. The summed E-state index contributed by atoms with van der Waals surface area (Å²) in [6.07, 6.45) is 2.53. The van der Waals surface area contributed by atoms with Crippen LogP contribution < -0.4 is 20.1 Å². The molecule has 0 bridgehead atoms. The molecule has 0 aromatic heterocycles. The van der Waals surface area contributed by atoms with Gasteiger partial charge in [-0.15, -0.1) is 0 Å². The lowest BCUT2D eigenvalue weighted by atomic mass is 10.0. The smallest absolute Gasteiger partial charge is 0.224 e. The number of carbonyl (C=O) groups is 1. The number of amides is 1. The van der Waals surface area contributed by atoms with E-state index in [4.69, 9.17) is 9.47 Å². The number of hydrogen-bond donors (Lipinski definition) is 2. The quantitative estimate of drug-likeness (QED) is 0.883. The normalized spacial score (nSPS) is 21.3. The molecule has 1 aromatic rings. The van der Waals surface area contributed by atoms with Gasteiger partial charge in [-0.25, -0.2) is 0 Å². The highest BCUT2D eigenvalue weighted by Crippen LogP contribution is 2.32. The van der Waals surface area contributed by atoms with Crippen LogP contribution in [0, 0.1) is 5.92 Å². The van der Waals surface area contributed by atoms with Crippen molar-refractivity contribution in [3.8, 4) is 11.5 Å². The lowest BCUT2D eigenvalue weighted by Crippen LogP contribution is -2.18. The zero-order valence-electron chi connectivity index (χ0n) is 11.5. The van der Waals surface area contributed by atoms with Gasteiger partial charge in [0.15, 0.2) is 11.5 Å². The van der Waals surface area contributed by atoms with Crippen molar-refractivity contribution >= 4 is 11.6 Å². The van der Waals surface area contributed by atoms with Crippen molar-refractivity contribution in [3.05, 3.63) is 18.2 Å². The first kappa shape index (κ1) is 13.2. The first-order chi connectivity index (χ1) is 9.81. The van der Waals surface area contributed by atoms with E-state index in [9.17, 15) is 4.79 Å². The monoisotopic (exact) mass is 276 g/mol. The number of benzene rings is 1. The Labute approximate surface area is 118 Å². The molecule has 0 spiro atoms. The number of rotatable bonds is 3. The minimum atomic E-state index is 0.0631. The van der Waals surface area contributed by atoms with E-state index in [-0.39, 0.29) is 5.91 Å². The minimum absolute atomic E-state index is 0.0631. The van der Waals surface area contributed by atoms with Gasteiger partial charge in [-0.2, -0.15) is 0 Å². The predicted molar refractivity (Wildman–Crippen MR) is 76.3 cm³/mol. The molecule has 1 amide bonds. The standard InChI is InChI=1S/C15H20N2O3/c18-15(8-11-4-5-16-10-11)17-12-2-3-13-14(9-12)20-7-1-6-19-13/h2-3,9,11,16H,1,4-8,10H2,(H,17,18). The second-order valence-electron chi connectivity index (χ2n) is 5.32. The van der Waals surface area contributed by atoms with Crippen molar-refractivity contribution in [2.45, 2.75) is 19.3 Å². The van der Waals surface area contributed by atoms with Gasteiger partial charge in [0.1, 0.15) is 0 Å². The van der Waals surface area contributed by atoms with Crippen LogP contribution in [0.4, 0.5) is 5.69 Å². The number of ether oxygens (including phenoxy) is 2. The average Bonchev–Trinajstić information content (AvgIpc) is 2.82. The predicted octanol–water partition coefficient (Wildman–Crippen LogP) is 1.79. The molecule has 2 aliphatic heterocycles. The van der Waals surface area contributed by atoms with E-state index in [1.54, 1.807) is 0 Å². The number of nitrogens with one attached hydrogen (secondary N) is 2. The van der Waals surface area contributed by atoms with Crippen LogP contribution in [-0.4, -0.2) is 32.2 Å². The fraction of sp³-hybridized carbons (Fsp3) is 0.533. The molecular weight excluding hydrogens is 256 g/mol. The summed E-state index contributed by atoms with van der Waals surface area (Å²) in [5.74, 6) is 1.98. The van der Waals surface area contributed by atoms with E-state index >= 15 is 0 Å². The number of hydrogen-bond acceptors (Lipinski definition) is 4. The molecule has 1 aromatic carbocycles. The molecule has 0 saturated carbocycles. The summed E-state index contributed by atoms with van der Waals surface area (Å²) in [6.45, 7) is 3.28. The molecule has 1 unspecified atom stereocenters. The van der Waals surface area contributed by atoms with Crippen LogP contribution >= 0.6 is 0 Å². The molecule has 1 atom stereocenters. The third-order valence-corrected chi connectivity index (χ3v) is 3.67. The Morgan fingerprint density at radius 2 is 2.15 bits per heavy atom. The van der Waals surface area contributed by atoms with Gasteiger partial charge in [0, 0.05) is 24.6 Å². The van der Waals surface area contributed by atoms with Crippen molar-refractivity contribution in [1.82, 2.24) is 5.32 Å². The van der Waals surface area contributed by atoms with E-state index in [1.807, 2.05) is 18.2 Å². The number of fused-ring (bicyclic) bond motifs is 1. The molecule has 5 heteroatoms. The summed E-state index contributed by atoms with van der Waals surface area (Å²) >= 11 is 0. The van der Waals surface area contributed by atoms with Crippen LogP contribution in [-0.2, 0) is 4.79 Å². The van der Waals surface area contributed by atoms with Gasteiger partial charge < -0.3 is 20.1 Å². The topological polar surface area (TPSA) is 59.6 Å². The molecule has 2 aliphatic rings. The molecule has 108 valence electrons. The van der Waals surface area contributed by atoms with E-state index in [2.05, 4.69) is 10.6 Å². The fourth-order valence-corrected chi connectivity index (χ4v) is 2.60. The third kappa shape index (κ3) is 3.22. The lowest BCUT2D eigenvalue weighted by Gasteiger charge is -2.12. The molecule has 0 radical (unpaired) electrons. The van der Waals surface area contributed by atoms with Gasteiger partial charge in [0.05, 0.1) is 13.2 Å². The second kappa shape index (κ2) is 6.13. The molecule has 2 N–H and O–H groups in total. The van der Waals surface area contributed by atoms with Gasteiger partial charge in [0.2, 0.25) is 5.91 Å². The summed E-state index contributed by atoms with van der Waals surface area (Å²) in [6, 6.07) is 5.55. The zero-order chi connectivity index (χ0) is 13.8. The van der Waals surface area contributed by atoms with Crippen LogP contribution in [0.15, 0.2) is 18.2 Å². The van der Waals surface area contributed by atoms with Gasteiger partial charge in [-0.3, -0.25) is 4.79 Å².